The van der Waals surface area contributed by atoms with Gasteiger partial charge in [-0.15, -0.1) is 0 Å². The van der Waals surface area contributed by atoms with Crippen LogP contribution in [0.1, 0.15) is 23.0 Å². The number of carbonyl (C=O) groups is 1. The number of fused-ring (bicyclic) bond motifs is 1. The molecule has 0 saturated heterocycles. The minimum Gasteiger partial charge on any atom is -0.462 e. The monoisotopic (exact) mass is 337 g/mol. The van der Waals surface area contributed by atoms with Crippen LogP contribution < -0.4 is 10.9 Å². The fourth-order valence-corrected chi connectivity index (χ4v) is 2.83. The fraction of sp³-hybridized carbons (Fsp3) is 0.211. The number of aromatic nitrogens is 2. The van der Waals surface area contributed by atoms with Gasteiger partial charge in [-0.1, -0.05) is 18.2 Å². The van der Waals surface area contributed by atoms with Gasteiger partial charge in [0.2, 0.25) is 0 Å². The minimum absolute atomic E-state index is 0.0219. The molecule has 3 rings (SSSR count). The Bertz CT molecular complexity index is 994. The summed E-state index contributed by atoms with van der Waals surface area (Å²) in [6, 6.07) is 12.8. The smallest absolute Gasteiger partial charge is 0.345 e. The molecule has 0 amide bonds. The summed E-state index contributed by atoms with van der Waals surface area (Å²) in [5.41, 5.74) is 1.86. The number of hydrogen-bond donors (Lipinski definition) is 1. The van der Waals surface area contributed by atoms with Crippen molar-refractivity contribution in [2.24, 2.45) is 0 Å². The van der Waals surface area contributed by atoms with Crippen LogP contribution in [0.15, 0.2) is 47.3 Å². The van der Waals surface area contributed by atoms with Gasteiger partial charge < -0.3 is 10.1 Å². The molecular formula is C19H19N3O3. The number of anilines is 1. The highest BCUT2D eigenvalue weighted by Crippen LogP contribution is 2.26. The van der Waals surface area contributed by atoms with E-state index in [1.807, 2.05) is 37.3 Å². The maximum atomic E-state index is 13.2. The predicted octanol–water partition coefficient (Wildman–Crippen LogP) is 2.91. The van der Waals surface area contributed by atoms with E-state index in [1.165, 1.54) is 4.57 Å². The van der Waals surface area contributed by atoms with Gasteiger partial charge in [0.25, 0.3) is 5.56 Å². The Morgan fingerprint density at radius 2 is 1.92 bits per heavy atom. The summed E-state index contributed by atoms with van der Waals surface area (Å²) in [5.74, 6) is -0.649. The Morgan fingerprint density at radius 3 is 2.56 bits per heavy atom. The number of pyridine rings is 2. The van der Waals surface area contributed by atoms with E-state index < -0.39 is 11.5 Å². The summed E-state index contributed by atoms with van der Waals surface area (Å²) in [6.07, 6.45) is 0. The summed E-state index contributed by atoms with van der Waals surface area (Å²) in [4.78, 5) is 30.2. The van der Waals surface area contributed by atoms with Crippen molar-refractivity contribution in [2.75, 3.05) is 19.0 Å². The first kappa shape index (κ1) is 16.7. The van der Waals surface area contributed by atoms with Crippen molar-refractivity contribution in [2.45, 2.75) is 13.8 Å². The van der Waals surface area contributed by atoms with E-state index in [0.717, 1.165) is 5.69 Å². The normalized spacial score (nSPS) is 10.7. The molecule has 0 aliphatic carbocycles. The minimum atomic E-state index is -0.649. The van der Waals surface area contributed by atoms with Crippen molar-refractivity contribution in [3.05, 3.63) is 64.1 Å². The first-order chi connectivity index (χ1) is 12.1. The number of carbonyl (C=O) groups excluding carboxylic acids is 1. The van der Waals surface area contributed by atoms with Crippen molar-refractivity contribution >= 4 is 22.7 Å². The van der Waals surface area contributed by atoms with Gasteiger partial charge >= 0.3 is 5.97 Å². The van der Waals surface area contributed by atoms with Gasteiger partial charge in [0.15, 0.2) is 0 Å². The van der Waals surface area contributed by atoms with E-state index in [1.54, 1.807) is 26.1 Å². The zero-order valence-corrected chi connectivity index (χ0v) is 14.4. The van der Waals surface area contributed by atoms with Gasteiger partial charge in [0.1, 0.15) is 11.2 Å². The van der Waals surface area contributed by atoms with E-state index in [9.17, 15) is 9.59 Å². The number of rotatable bonds is 4. The molecule has 128 valence electrons. The van der Waals surface area contributed by atoms with Gasteiger partial charge in [-0.25, -0.2) is 9.78 Å². The number of nitrogens with zero attached hydrogens (tertiary/aromatic N) is 2. The van der Waals surface area contributed by atoms with Crippen LogP contribution in [0.25, 0.3) is 16.7 Å². The molecule has 2 aromatic heterocycles. The highest BCUT2D eigenvalue weighted by Gasteiger charge is 2.24. The van der Waals surface area contributed by atoms with Gasteiger partial charge in [-0.3, -0.25) is 9.36 Å². The lowest BCUT2D eigenvalue weighted by atomic mass is 10.1. The molecule has 0 aliphatic rings. The third-order valence-corrected chi connectivity index (χ3v) is 3.91. The number of benzene rings is 1. The van der Waals surface area contributed by atoms with E-state index in [2.05, 4.69) is 10.3 Å². The van der Waals surface area contributed by atoms with Crippen LogP contribution in [0.3, 0.4) is 0 Å². The average molecular weight is 337 g/mol. The van der Waals surface area contributed by atoms with E-state index >= 15 is 0 Å². The number of para-hydroxylation sites is 1. The number of aryl methyl sites for hydroxylation is 1. The molecule has 2 heterocycles. The van der Waals surface area contributed by atoms with Crippen LogP contribution in [0, 0.1) is 6.92 Å². The third-order valence-electron chi connectivity index (χ3n) is 3.91. The molecular weight excluding hydrogens is 318 g/mol. The maximum Gasteiger partial charge on any atom is 0.345 e. The molecule has 0 radical (unpaired) electrons. The van der Waals surface area contributed by atoms with Crippen LogP contribution >= 0.6 is 0 Å². The molecule has 0 aliphatic heterocycles. The Kier molecular flexibility index (Phi) is 4.52. The van der Waals surface area contributed by atoms with Crippen molar-refractivity contribution < 1.29 is 9.53 Å². The molecule has 0 saturated carbocycles. The molecule has 1 N–H and O–H groups in total. The number of esters is 1. The van der Waals surface area contributed by atoms with Crippen molar-refractivity contribution in [3.63, 3.8) is 0 Å². The molecule has 0 unspecified atom stereocenters. The molecule has 3 aromatic rings. The van der Waals surface area contributed by atoms with Crippen LogP contribution in [0.4, 0.5) is 5.69 Å². The Hall–Kier alpha value is -3.15. The Morgan fingerprint density at radius 1 is 1.20 bits per heavy atom. The largest absolute Gasteiger partial charge is 0.462 e. The zero-order valence-electron chi connectivity index (χ0n) is 14.4. The second kappa shape index (κ2) is 6.76. The van der Waals surface area contributed by atoms with Crippen molar-refractivity contribution in [3.8, 4) is 5.69 Å². The van der Waals surface area contributed by atoms with Crippen LogP contribution in [0.2, 0.25) is 0 Å². The summed E-state index contributed by atoms with van der Waals surface area (Å²) in [5, 5.41) is 3.64. The van der Waals surface area contributed by atoms with E-state index in [4.69, 9.17) is 4.74 Å². The lowest BCUT2D eigenvalue weighted by Gasteiger charge is -2.16. The topological polar surface area (TPSA) is 73.2 Å². The summed E-state index contributed by atoms with van der Waals surface area (Å²) >= 11 is 0. The second-order valence-corrected chi connectivity index (χ2v) is 5.52. The number of hydrogen-bond acceptors (Lipinski definition) is 5. The number of ether oxygens (including phenoxy) is 1. The predicted molar refractivity (Wildman–Crippen MR) is 97.6 cm³/mol. The SMILES string of the molecule is CCOC(=O)c1c(NC)c2ccc(C)nc2n(-c2ccccc2)c1=O. The molecule has 0 spiro atoms. The standard InChI is InChI=1S/C19H19N3O3/c1-4-25-19(24)15-16(20-3)14-11-10-12(2)21-17(14)22(18(15)23)13-8-6-5-7-9-13/h5-11,20H,4H2,1-3H3. The van der Waals surface area contributed by atoms with Crippen molar-refractivity contribution in [1.82, 2.24) is 9.55 Å². The first-order valence-corrected chi connectivity index (χ1v) is 8.05. The molecule has 6 nitrogen and oxygen atoms in total. The van der Waals surface area contributed by atoms with Crippen LogP contribution in [-0.4, -0.2) is 29.2 Å². The summed E-state index contributed by atoms with van der Waals surface area (Å²) < 4.78 is 6.56. The molecule has 1 aromatic carbocycles. The highest BCUT2D eigenvalue weighted by atomic mass is 16.5. The maximum absolute atomic E-state index is 13.2. The molecule has 25 heavy (non-hydrogen) atoms. The third kappa shape index (κ3) is 2.87. The Labute approximate surface area is 145 Å². The fourth-order valence-electron chi connectivity index (χ4n) is 2.83. The lowest BCUT2D eigenvalue weighted by Crippen LogP contribution is -2.29. The molecule has 0 atom stereocenters. The summed E-state index contributed by atoms with van der Waals surface area (Å²) in [7, 11) is 1.67. The average Bonchev–Trinajstić information content (AvgIpc) is 2.61. The zero-order chi connectivity index (χ0) is 18.0. The quantitative estimate of drug-likeness (QED) is 0.741. The lowest BCUT2D eigenvalue weighted by molar-refractivity contribution is 0.0525. The van der Waals surface area contributed by atoms with Gasteiger partial charge in [-0.2, -0.15) is 0 Å². The van der Waals surface area contributed by atoms with Crippen molar-refractivity contribution in [1.29, 1.82) is 0 Å². The van der Waals surface area contributed by atoms with E-state index in [0.29, 0.717) is 22.4 Å². The van der Waals surface area contributed by atoms with Gasteiger partial charge in [0, 0.05) is 18.1 Å². The Balaban J connectivity index is 2.49. The first-order valence-electron chi connectivity index (χ1n) is 8.05. The molecule has 6 heteroatoms. The van der Waals surface area contributed by atoms with Gasteiger partial charge in [-0.05, 0) is 38.1 Å². The number of nitrogens with one attached hydrogen (secondary N) is 1. The summed E-state index contributed by atoms with van der Waals surface area (Å²) in [6.45, 7) is 3.76. The second-order valence-electron chi connectivity index (χ2n) is 5.52. The molecule has 0 bridgehead atoms. The molecule has 0 fully saturated rings. The van der Waals surface area contributed by atoms with Gasteiger partial charge in [0.05, 0.1) is 18.0 Å². The van der Waals surface area contributed by atoms with Crippen LogP contribution in [0.5, 0.6) is 0 Å². The van der Waals surface area contributed by atoms with Crippen LogP contribution in [-0.2, 0) is 4.74 Å². The highest BCUT2D eigenvalue weighted by molar-refractivity contribution is 6.04. The van der Waals surface area contributed by atoms with E-state index in [-0.39, 0.29) is 12.2 Å².